The van der Waals surface area contributed by atoms with Crippen LogP contribution in [0.1, 0.15) is 16.1 Å². The van der Waals surface area contributed by atoms with E-state index in [1.165, 1.54) is 12.0 Å². The molecule has 0 unspecified atom stereocenters. The van der Waals surface area contributed by atoms with Crippen LogP contribution in [0.4, 0.5) is 5.13 Å². The number of carbonyl (C=O) groups excluding carboxylic acids is 2. The maximum Gasteiger partial charge on any atom is 0.309 e. The average molecular weight is 412 g/mol. The number of thiazole rings is 1. The fourth-order valence-electron chi connectivity index (χ4n) is 2.16. The van der Waals surface area contributed by atoms with Crippen molar-refractivity contribution in [3.05, 3.63) is 45.9 Å². The maximum absolute atomic E-state index is 12.6. The number of hydrogen-bond acceptors (Lipinski definition) is 6. The van der Waals surface area contributed by atoms with Gasteiger partial charge < -0.3 is 20.1 Å². The quantitative estimate of drug-likeness (QED) is 0.654. The summed E-state index contributed by atoms with van der Waals surface area (Å²) in [5, 5.41) is 13.7. The molecule has 2 rings (SSSR count). The second-order valence-corrected chi connectivity index (χ2v) is 6.78. The van der Waals surface area contributed by atoms with Gasteiger partial charge >= 0.3 is 5.97 Å². The monoisotopic (exact) mass is 411 g/mol. The number of carboxylic acids is 1. The lowest BCUT2D eigenvalue weighted by Gasteiger charge is -2.21. The number of aromatic nitrogens is 1. The highest BCUT2D eigenvalue weighted by Gasteiger charge is 2.19. The van der Waals surface area contributed by atoms with E-state index in [4.69, 9.17) is 21.4 Å². The number of nitrogens with one attached hydrogen (secondary N) is 1. The Bertz CT molecular complexity index is 809. The van der Waals surface area contributed by atoms with Gasteiger partial charge in [0.15, 0.2) is 5.13 Å². The molecule has 0 atom stereocenters. The molecule has 0 radical (unpaired) electrons. The minimum Gasteiger partial charge on any atom is -0.481 e. The van der Waals surface area contributed by atoms with E-state index in [2.05, 4.69) is 10.3 Å². The van der Waals surface area contributed by atoms with Gasteiger partial charge in [-0.2, -0.15) is 0 Å². The molecule has 0 bridgehead atoms. The first-order valence-corrected chi connectivity index (χ1v) is 9.14. The van der Waals surface area contributed by atoms with Gasteiger partial charge in [-0.3, -0.25) is 14.4 Å². The van der Waals surface area contributed by atoms with Gasteiger partial charge in [0.25, 0.3) is 5.91 Å². The molecular weight excluding hydrogens is 394 g/mol. The molecule has 10 heteroatoms. The number of amides is 2. The molecule has 2 N–H and O–H groups in total. The van der Waals surface area contributed by atoms with Crippen LogP contribution in [0.3, 0.4) is 0 Å². The van der Waals surface area contributed by atoms with Gasteiger partial charge in [0.1, 0.15) is 6.54 Å². The molecular formula is C17H18ClN3O5S. The zero-order valence-corrected chi connectivity index (χ0v) is 16.0. The molecule has 0 saturated carbocycles. The van der Waals surface area contributed by atoms with Crippen LogP contribution in [0.2, 0.25) is 5.02 Å². The summed E-state index contributed by atoms with van der Waals surface area (Å²) in [5.41, 5.74) is 0.762. The van der Waals surface area contributed by atoms with Crippen molar-refractivity contribution in [3.8, 4) is 0 Å². The standard InChI is InChI=1S/C17H18ClN3O5S/c1-26-7-6-21(16(25)11-2-4-12(18)5-3-11)9-14(22)20-17-19-13(10-27-17)8-15(23)24/h2-5,10H,6-9H2,1H3,(H,23,24)(H,19,20,22). The van der Waals surface area contributed by atoms with E-state index >= 15 is 0 Å². The molecule has 2 amide bonds. The molecule has 0 fully saturated rings. The number of ether oxygens (including phenoxy) is 1. The number of benzene rings is 1. The van der Waals surface area contributed by atoms with Crippen molar-refractivity contribution >= 4 is 45.9 Å². The van der Waals surface area contributed by atoms with Gasteiger partial charge in [-0.25, -0.2) is 4.98 Å². The zero-order valence-electron chi connectivity index (χ0n) is 14.5. The molecule has 0 aliphatic carbocycles. The highest BCUT2D eigenvalue weighted by atomic mass is 35.5. The summed E-state index contributed by atoms with van der Waals surface area (Å²) in [6, 6.07) is 6.37. The summed E-state index contributed by atoms with van der Waals surface area (Å²) >= 11 is 6.96. The highest BCUT2D eigenvalue weighted by molar-refractivity contribution is 7.13. The van der Waals surface area contributed by atoms with E-state index in [9.17, 15) is 14.4 Å². The first-order valence-electron chi connectivity index (χ1n) is 7.89. The zero-order chi connectivity index (χ0) is 19.8. The van der Waals surface area contributed by atoms with E-state index in [0.29, 0.717) is 16.3 Å². The molecule has 0 aliphatic heterocycles. The number of carbonyl (C=O) groups is 3. The SMILES string of the molecule is COCCN(CC(=O)Nc1nc(CC(=O)O)cs1)C(=O)c1ccc(Cl)cc1. The topological polar surface area (TPSA) is 109 Å². The minimum atomic E-state index is -1.00. The number of anilines is 1. The Kier molecular flexibility index (Phi) is 7.71. The van der Waals surface area contributed by atoms with Crippen molar-refractivity contribution < 1.29 is 24.2 Å². The molecule has 1 heterocycles. The Morgan fingerprint density at radius 1 is 1.30 bits per heavy atom. The maximum atomic E-state index is 12.6. The van der Waals surface area contributed by atoms with Crippen LogP contribution in [0.15, 0.2) is 29.6 Å². The first-order chi connectivity index (χ1) is 12.9. The van der Waals surface area contributed by atoms with Crippen LogP contribution in [0, 0.1) is 0 Å². The molecule has 27 heavy (non-hydrogen) atoms. The van der Waals surface area contributed by atoms with Crippen LogP contribution < -0.4 is 5.32 Å². The summed E-state index contributed by atoms with van der Waals surface area (Å²) in [6.45, 7) is 0.304. The predicted octanol–water partition coefficient (Wildman–Crippen LogP) is 2.15. The number of halogens is 1. The lowest BCUT2D eigenvalue weighted by Crippen LogP contribution is -2.40. The molecule has 1 aromatic heterocycles. The Morgan fingerprint density at radius 2 is 2.00 bits per heavy atom. The lowest BCUT2D eigenvalue weighted by atomic mass is 10.2. The Morgan fingerprint density at radius 3 is 2.63 bits per heavy atom. The van der Waals surface area contributed by atoms with E-state index in [1.807, 2.05) is 0 Å². The van der Waals surface area contributed by atoms with Gasteiger partial charge in [0.05, 0.1) is 18.7 Å². The van der Waals surface area contributed by atoms with Crippen molar-refractivity contribution in [2.75, 3.05) is 32.1 Å². The number of methoxy groups -OCH3 is 1. The van der Waals surface area contributed by atoms with E-state index in [-0.39, 0.29) is 37.2 Å². The van der Waals surface area contributed by atoms with Crippen molar-refractivity contribution in [2.24, 2.45) is 0 Å². The van der Waals surface area contributed by atoms with Crippen LogP contribution >= 0.6 is 22.9 Å². The molecule has 8 nitrogen and oxygen atoms in total. The normalized spacial score (nSPS) is 10.4. The number of aliphatic carboxylic acids is 1. The van der Waals surface area contributed by atoms with Crippen molar-refractivity contribution in [3.63, 3.8) is 0 Å². The second kappa shape index (κ2) is 10.0. The van der Waals surface area contributed by atoms with E-state index < -0.39 is 11.9 Å². The lowest BCUT2D eigenvalue weighted by molar-refractivity contribution is -0.136. The van der Waals surface area contributed by atoms with Crippen LogP contribution in [0.25, 0.3) is 0 Å². The Labute approximate surface area is 164 Å². The number of carboxylic acid groups (broad SMARTS) is 1. The van der Waals surface area contributed by atoms with Gasteiger partial charge in [0, 0.05) is 29.6 Å². The molecule has 0 saturated heterocycles. The fourth-order valence-corrected chi connectivity index (χ4v) is 3.01. The van der Waals surface area contributed by atoms with Crippen LogP contribution in [0.5, 0.6) is 0 Å². The molecule has 2 aromatic rings. The first kappa shape index (κ1) is 20.8. The van der Waals surface area contributed by atoms with Crippen molar-refractivity contribution in [2.45, 2.75) is 6.42 Å². The van der Waals surface area contributed by atoms with Crippen LogP contribution in [-0.4, -0.2) is 59.6 Å². The molecule has 1 aromatic carbocycles. The third-order valence-corrected chi connectivity index (χ3v) is 4.47. The molecule has 144 valence electrons. The summed E-state index contributed by atoms with van der Waals surface area (Å²) < 4.78 is 5.01. The third-order valence-electron chi connectivity index (χ3n) is 3.41. The van der Waals surface area contributed by atoms with E-state index in [1.54, 1.807) is 29.6 Å². The van der Waals surface area contributed by atoms with Gasteiger partial charge in [0.2, 0.25) is 5.91 Å². The minimum absolute atomic E-state index is 0.196. The highest BCUT2D eigenvalue weighted by Crippen LogP contribution is 2.16. The summed E-state index contributed by atoms with van der Waals surface area (Å²) in [6.07, 6.45) is -0.221. The molecule has 0 spiro atoms. The van der Waals surface area contributed by atoms with E-state index in [0.717, 1.165) is 11.3 Å². The summed E-state index contributed by atoms with van der Waals surface area (Å²) in [7, 11) is 1.50. The number of rotatable bonds is 9. The van der Waals surface area contributed by atoms with Crippen LogP contribution in [-0.2, 0) is 20.7 Å². The van der Waals surface area contributed by atoms with Crippen molar-refractivity contribution in [1.29, 1.82) is 0 Å². The Balaban J connectivity index is 2.02. The summed E-state index contributed by atoms with van der Waals surface area (Å²) in [4.78, 5) is 41.0. The second-order valence-electron chi connectivity index (χ2n) is 5.49. The predicted molar refractivity (Wildman–Crippen MR) is 101 cm³/mol. The van der Waals surface area contributed by atoms with Gasteiger partial charge in [-0.05, 0) is 24.3 Å². The largest absolute Gasteiger partial charge is 0.481 e. The fraction of sp³-hybridized carbons (Fsp3) is 0.294. The van der Waals surface area contributed by atoms with Crippen molar-refractivity contribution in [1.82, 2.24) is 9.88 Å². The van der Waals surface area contributed by atoms with Gasteiger partial charge in [-0.1, -0.05) is 11.6 Å². The van der Waals surface area contributed by atoms with Gasteiger partial charge in [-0.15, -0.1) is 11.3 Å². The summed E-state index contributed by atoms with van der Waals surface area (Å²) in [5.74, 6) is -1.77. The molecule has 0 aliphatic rings. The number of hydrogen-bond donors (Lipinski definition) is 2. The number of nitrogens with zero attached hydrogens (tertiary/aromatic N) is 2. The smallest absolute Gasteiger partial charge is 0.309 e. The Hall–Kier alpha value is -2.49. The average Bonchev–Trinajstić information content (AvgIpc) is 3.04. The third kappa shape index (κ3) is 6.63.